The molecule has 1 aromatic heterocycles. The minimum absolute atomic E-state index is 0.0731. The highest BCUT2D eigenvalue weighted by atomic mass is 35.5. The standard InChI is InChI=1S/C10H9ClN4O/c11-4-9(16)14-7-1-2-8-6(3-7)5-13-10(12)15-8/h1-3,5H,4H2,(H,14,16)(H2,12,13,15). The highest BCUT2D eigenvalue weighted by Crippen LogP contribution is 2.17. The second-order valence-electron chi connectivity index (χ2n) is 3.18. The molecule has 0 fully saturated rings. The zero-order valence-electron chi connectivity index (χ0n) is 8.27. The number of nitrogens with one attached hydrogen (secondary N) is 1. The fourth-order valence-electron chi connectivity index (χ4n) is 1.32. The number of carbonyl (C=O) groups excluding carboxylic acids is 1. The van der Waals surface area contributed by atoms with Gasteiger partial charge in [-0.1, -0.05) is 0 Å². The maximum absolute atomic E-state index is 11.1. The topological polar surface area (TPSA) is 80.9 Å². The van der Waals surface area contributed by atoms with E-state index >= 15 is 0 Å². The van der Waals surface area contributed by atoms with Crippen molar-refractivity contribution in [1.29, 1.82) is 0 Å². The van der Waals surface area contributed by atoms with Crippen molar-refractivity contribution in [2.45, 2.75) is 0 Å². The summed E-state index contributed by atoms with van der Waals surface area (Å²) in [5.74, 6) is -0.0987. The van der Waals surface area contributed by atoms with Gasteiger partial charge in [-0.3, -0.25) is 4.79 Å². The number of anilines is 2. The van der Waals surface area contributed by atoms with Crippen LogP contribution >= 0.6 is 11.6 Å². The predicted molar refractivity (Wildman–Crippen MR) is 63.3 cm³/mol. The monoisotopic (exact) mass is 236 g/mol. The molecule has 0 aliphatic rings. The van der Waals surface area contributed by atoms with Crippen molar-refractivity contribution in [3.8, 4) is 0 Å². The molecule has 5 nitrogen and oxygen atoms in total. The highest BCUT2D eigenvalue weighted by molar-refractivity contribution is 6.29. The van der Waals surface area contributed by atoms with Gasteiger partial charge < -0.3 is 11.1 Å². The van der Waals surface area contributed by atoms with Gasteiger partial charge in [0.15, 0.2) is 0 Å². The van der Waals surface area contributed by atoms with E-state index in [0.29, 0.717) is 5.69 Å². The van der Waals surface area contributed by atoms with Crippen molar-refractivity contribution < 1.29 is 4.79 Å². The number of benzene rings is 1. The molecule has 1 amide bonds. The minimum atomic E-state index is -0.252. The van der Waals surface area contributed by atoms with Crippen molar-refractivity contribution in [2.24, 2.45) is 0 Å². The van der Waals surface area contributed by atoms with Gasteiger partial charge in [-0.15, -0.1) is 11.6 Å². The smallest absolute Gasteiger partial charge is 0.239 e. The van der Waals surface area contributed by atoms with Crippen molar-refractivity contribution in [3.63, 3.8) is 0 Å². The van der Waals surface area contributed by atoms with E-state index in [2.05, 4.69) is 15.3 Å². The van der Waals surface area contributed by atoms with Crippen LogP contribution in [-0.2, 0) is 4.79 Å². The van der Waals surface area contributed by atoms with Gasteiger partial charge in [-0.05, 0) is 18.2 Å². The number of halogens is 1. The summed E-state index contributed by atoms with van der Waals surface area (Å²) in [5, 5.41) is 3.45. The summed E-state index contributed by atoms with van der Waals surface area (Å²) in [7, 11) is 0. The Kier molecular flexibility index (Phi) is 2.87. The molecule has 0 spiro atoms. The second kappa shape index (κ2) is 4.32. The van der Waals surface area contributed by atoms with E-state index in [1.165, 1.54) is 0 Å². The average Bonchev–Trinajstić information content (AvgIpc) is 2.29. The van der Waals surface area contributed by atoms with E-state index in [1.807, 2.05) is 0 Å². The average molecular weight is 237 g/mol. The van der Waals surface area contributed by atoms with E-state index in [0.717, 1.165) is 10.9 Å². The lowest BCUT2D eigenvalue weighted by atomic mass is 10.2. The third-order valence-corrected chi connectivity index (χ3v) is 2.25. The Balaban J connectivity index is 2.37. The van der Waals surface area contributed by atoms with Gasteiger partial charge in [0.05, 0.1) is 5.52 Å². The Morgan fingerprint density at radius 1 is 1.50 bits per heavy atom. The van der Waals surface area contributed by atoms with Crippen LogP contribution in [0.5, 0.6) is 0 Å². The molecule has 2 rings (SSSR count). The molecule has 1 heterocycles. The number of aromatic nitrogens is 2. The van der Waals surface area contributed by atoms with Crippen molar-refractivity contribution in [1.82, 2.24) is 9.97 Å². The lowest BCUT2D eigenvalue weighted by molar-refractivity contribution is -0.113. The minimum Gasteiger partial charge on any atom is -0.368 e. The Labute approximate surface area is 96.6 Å². The molecule has 1 aromatic carbocycles. The van der Waals surface area contributed by atoms with Gasteiger partial charge in [-0.2, -0.15) is 0 Å². The lowest BCUT2D eigenvalue weighted by Crippen LogP contribution is -2.12. The predicted octanol–water partition coefficient (Wildman–Crippen LogP) is 1.39. The summed E-state index contributed by atoms with van der Waals surface area (Å²) < 4.78 is 0. The molecule has 3 N–H and O–H groups in total. The SMILES string of the molecule is Nc1ncc2cc(NC(=O)CCl)ccc2n1. The van der Waals surface area contributed by atoms with Crippen LogP contribution in [0.3, 0.4) is 0 Å². The molecule has 0 saturated carbocycles. The van der Waals surface area contributed by atoms with Gasteiger partial charge >= 0.3 is 0 Å². The number of alkyl halides is 1. The van der Waals surface area contributed by atoms with Crippen molar-refractivity contribution in [3.05, 3.63) is 24.4 Å². The Bertz CT molecular complexity index is 543. The van der Waals surface area contributed by atoms with Gasteiger partial charge in [0.2, 0.25) is 11.9 Å². The van der Waals surface area contributed by atoms with Crippen LogP contribution in [0.25, 0.3) is 10.9 Å². The third kappa shape index (κ3) is 2.20. The third-order valence-electron chi connectivity index (χ3n) is 2.00. The summed E-state index contributed by atoms with van der Waals surface area (Å²) in [6, 6.07) is 5.26. The van der Waals surface area contributed by atoms with E-state index in [-0.39, 0.29) is 17.7 Å². The summed E-state index contributed by atoms with van der Waals surface area (Å²) in [6.07, 6.45) is 1.61. The first-order chi connectivity index (χ1) is 7.69. The molecule has 0 aliphatic heterocycles. The van der Waals surface area contributed by atoms with Gasteiger partial charge in [0.25, 0.3) is 0 Å². The number of hydrogen-bond acceptors (Lipinski definition) is 4. The quantitative estimate of drug-likeness (QED) is 0.772. The highest BCUT2D eigenvalue weighted by Gasteiger charge is 2.02. The van der Waals surface area contributed by atoms with Crippen LogP contribution in [0.2, 0.25) is 0 Å². The van der Waals surface area contributed by atoms with Gasteiger partial charge in [0.1, 0.15) is 5.88 Å². The zero-order valence-corrected chi connectivity index (χ0v) is 9.03. The molecule has 6 heteroatoms. The Hall–Kier alpha value is -1.88. The van der Waals surface area contributed by atoms with E-state index < -0.39 is 0 Å². The number of fused-ring (bicyclic) bond motifs is 1. The Morgan fingerprint density at radius 2 is 2.31 bits per heavy atom. The van der Waals surface area contributed by atoms with Crippen LogP contribution in [0, 0.1) is 0 Å². The summed E-state index contributed by atoms with van der Waals surface area (Å²) in [5.41, 5.74) is 6.85. The van der Waals surface area contributed by atoms with Gasteiger partial charge in [-0.25, -0.2) is 9.97 Å². The molecule has 0 bridgehead atoms. The van der Waals surface area contributed by atoms with E-state index in [4.69, 9.17) is 17.3 Å². The first-order valence-corrected chi connectivity index (χ1v) is 5.10. The zero-order chi connectivity index (χ0) is 11.5. The number of nitrogen functional groups attached to an aromatic ring is 1. The number of nitrogens with zero attached hydrogens (tertiary/aromatic N) is 2. The second-order valence-corrected chi connectivity index (χ2v) is 3.45. The molecule has 0 saturated heterocycles. The van der Waals surface area contributed by atoms with Crippen LogP contribution in [-0.4, -0.2) is 21.8 Å². The summed E-state index contributed by atoms with van der Waals surface area (Å²) >= 11 is 5.39. The Morgan fingerprint density at radius 3 is 3.06 bits per heavy atom. The normalized spacial score (nSPS) is 10.3. The molecule has 0 radical (unpaired) electrons. The fourth-order valence-corrected chi connectivity index (χ4v) is 1.39. The van der Waals surface area contributed by atoms with Gasteiger partial charge in [0, 0.05) is 17.3 Å². The summed E-state index contributed by atoms with van der Waals surface area (Å²) in [6.45, 7) is 0. The van der Waals surface area contributed by atoms with Crippen LogP contribution in [0.4, 0.5) is 11.6 Å². The van der Waals surface area contributed by atoms with E-state index in [9.17, 15) is 4.79 Å². The molecule has 0 atom stereocenters. The molecular weight excluding hydrogens is 228 g/mol. The van der Waals surface area contributed by atoms with Crippen LogP contribution in [0.15, 0.2) is 24.4 Å². The number of carbonyl (C=O) groups is 1. The van der Waals surface area contributed by atoms with Crippen LogP contribution in [0.1, 0.15) is 0 Å². The maximum Gasteiger partial charge on any atom is 0.239 e. The molecule has 2 aromatic rings. The van der Waals surface area contributed by atoms with Crippen LogP contribution < -0.4 is 11.1 Å². The number of nitrogens with two attached hydrogens (primary N) is 1. The van der Waals surface area contributed by atoms with Crippen molar-refractivity contribution in [2.75, 3.05) is 16.9 Å². The molecular formula is C10H9ClN4O. The maximum atomic E-state index is 11.1. The lowest BCUT2D eigenvalue weighted by Gasteiger charge is -2.04. The molecule has 0 aliphatic carbocycles. The van der Waals surface area contributed by atoms with E-state index in [1.54, 1.807) is 24.4 Å². The summed E-state index contributed by atoms with van der Waals surface area (Å²) in [4.78, 5) is 19.0. The first kappa shape index (κ1) is 10.6. The number of hydrogen-bond donors (Lipinski definition) is 2. The number of rotatable bonds is 2. The fraction of sp³-hybridized carbons (Fsp3) is 0.100. The van der Waals surface area contributed by atoms with Crippen molar-refractivity contribution >= 4 is 40.0 Å². The largest absolute Gasteiger partial charge is 0.368 e. The first-order valence-electron chi connectivity index (χ1n) is 4.57. The molecule has 0 unspecified atom stereocenters. The number of amides is 1. The molecule has 16 heavy (non-hydrogen) atoms. The molecule has 82 valence electrons.